The molecular formula is C29H50O3. The van der Waals surface area contributed by atoms with E-state index in [1.165, 1.54) is 18.4 Å². The van der Waals surface area contributed by atoms with Gasteiger partial charge in [0.15, 0.2) is 0 Å². The zero-order chi connectivity index (χ0) is 23.4. The van der Waals surface area contributed by atoms with Crippen LogP contribution >= 0.6 is 0 Å². The minimum absolute atomic E-state index is 0.131. The molecule has 3 heteroatoms. The first kappa shape index (κ1) is 24.7. The van der Waals surface area contributed by atoms with Crippen molar-refractivity contribution in [3.63, 3.8) is 0 Å². The highest BCUT2D eigenvalue weighted by atomic mass is 16.3. The Morgan fingerprint density at radius 3 is 2.38 bits per heavy atom. The van der Waals surface area contributed by atoms with E-state index in [1.807, 2.05) is 0 Å². The predicted molar refractivity (Wildman–Crippen MR) is 131 cm³/mol. The molecule has 4 aliphatic rings. The molecule has 12 atom stereocenters. The Balaban J connectivity index is 1.55. The topological polar surface area (TPSA) is 60.7 Å². The molecule has 0 spiro atoms. The van der Waals surface area contributed by atoms with E-state index in [2.05, 4.69) is 41.2 Å². The monoisotopic (exact) mass is 446 g/mol. The number of hydrogen-bond donors (Lipinski definition) is 3. The molecule has 0 amide bonds. The standard InChI is InChI=1S/C29H50O3/c1-7-19(17(2)3)9-8-18(4)27-25(31)15-24-22-11-10-20-14-21(30)12-13-28(20,5)23(22)16-26(32)29(24,27)6/h18-27,30-32H,2,7-16H2,1,3-6H3. The Labute approximate surface area is 197 Å². The first-order valence-corrected chi connectivity index (χ1v) is 13.7. The lowest BCUT2D eigenvalue weighted by molar-refractivity contribution is -0.176. The molecule has 4 rings (SSSR count). The van der Waals surface area contributed by atoms with Gasteiger partial charge in [-0.3, -0.25) is 0 Å². The maximum Gasteiger partial charge on any atom is 0.0603 e. The van der Waals surface area contributed by atoms with Gasteiger partial charge in [0.1, 0.15) is 0 Å². The summed E-state index contributed by atoms with van der Waals surface area (Å²) in [6, 6.07) is 0. The molecule has 0 aromatic carbocycles. The molecule has 0 aromatic rings. The Hall–Kier alpha value is -0.380. The quantitative estimate of drug-likeness (QED) is 0.441. The van der Waals surface area contributed by atoms with Crippen LogP contribution < -0.4 is 0 Å². The molecule has 32 heavy (non-hydrogen) atoms. The smallest absolute Gasteiger partial charge is 0.0603 e. The summed E-state index contributed by atoms with van der Waals surface area (Å²) in [5.74, 6) is 3.34. The Morgan fingerprint density at radius 2 is 1.72 bits per heavy atom. The second-order valence-corrected chi connectivity index (χ2v) is 13.0. The van der Waals surface area contributed by atoms with E-state index in [4.69, 9.17) is 0 Å². The summed E-state index contributed by atoms with van der Waals surface area (Å²) < 4.78 is 0. The van der Waals surface area contributed by atoms with Gasteiger partial charge in [0.05, 0.1) is 18.3 Å². The fourth-order valence-electron chi connectivity index (χ4n) is 9.70. The van der Waals surface area contributed by atoms with Gasteiger partial charge < -0.3 is 15.3 Å². The summed E-state index contributed by atoms with van der Waals surface area (Å²) in [5.41, 5.74) is 1.34. The average molecular weight is 447 g/mol. The van der Waals surface area contributed by atoms with Gasteiger partial charge in [0, 0.05) is 5.41 Å². The Bertz CT molecular complexity index is 690. The summed E-state index contributed by atoms with van der Waals surface area (Å²) in [5, 5.41) is 33.4. The molecule has 0 bridgehead atoms. The lowest BCUT2D eigenvalue weighted by atomic mass is 9.43. The number of hydrogen-bond acceptors (Lipinski definition) is 3. The van der Waals surface area contributed by atoms with Crippen LogP contribution in [0.15, 0.2) is 12.2 Å². The first-order valence-electron chi connectivity index (χ1n) is 13.7. The molecule has 4 aliphatic carbocycles. The summed E-state index contributed by atoms with van der Waals surface area (Å²) in [4.78, 5) is 0. The zero-order valence-electron chi connectivity index (χ0n) is 21.4. The van der Waals surface area contributed by atoms with Gasteiger partial charge in [0.2, 0.25) is 0 Å². The molecule has 0 aromatic heterocycles. The molecule has 184 valence electrons. The highest BCUT2D eigenvalue weighted by molar-refractivity contribution is 5.14. The number of aliphatic hydroxyl groups is 3. The largest absolute Gasteiger partial charge is 0.393 e. The fourth-order valence-corrected chi connectivity index (χ4v) is 9.70. The summed E-state index contributed by atoms with van der Waals surface area (Å²) in [6.07, 6.45) is 9.76. The molecule has 3 nitrogen and oxygen atoms in total. The van der Waals surface area contributed by atoms with Crippen molar-refractivity contribution in [2.45, 2.75) is 117 Å². The zero-order valence-corrected chi connectivity index (χ0v) is 21.4. The van der Waals surface area contributed by atoms with Gasteiger partial charge in [-0.1, -0.05) is 39.8 Å². The second-order valence-electron chi connectivity index (χ2n) is 13.0. The van der Waals surface area contributed by atoms with Crippen molar-refractivity contribution in [3.8, 4) is 0 Å². The third-order valence-electron chi connectivity index (χ3n) is 11.6. The van der Waals surface area contributed by atoms with Crippen molar-refractivity contribution in [1.29, 1.82) is 0 Å². The molecule has 0 heterocycles. The van der Waals surface area contributed by atoms with Crippen LogP contribution in [0.4, 0.5) is 0 Å². The van der Waals surface area contributed by atoms with Crippen molar-refractivity contribution >= 4 is 0 Å². The molecule has 12 unspecified atom stereocenters. The highest BCUT2D eigenvalue weighted by Gasteiger charge is 2.65. The number of fused-ring (bicyclic) bond motifs is 5. The second kappa shape index (κ2) is 9.00. The van der Waals surface area contributed by atoms with Crippen LogP contribution in [0.5, 0.6) is 0 Å². The van der Waals surface area contributed by atoms with Crippen LogP contribution in [0, 0.1) is 52.3 Å². The van der Waals surface area contributed by atoms with Gasteiger partial charge in [-0.25, -0.2) is 0 Å². The van der Waals surface area contributed by atoms with Crippen LogP contribution in [0.2, 0.25) is 0 Å². The van der Waals surface area contributed by atoms with Gasteiger partial charge >= 0.3 is 0 Å². The maximum absolute atomic E-state index is 11.7. The van der Waals surface area contributed by atoms with E-state index >= 15 is 0 Å². The van der Waals surface area contributed by atoms with Crippen molar-refractivity contribution < 1.29 is 15.3 Å². The Kier molecular flexibility index (Phi) is 6.96. The van der Waals surface area contributed by atoms with Gasteiger partial charge in [-0.2, -0.15) is 0 Å². The van der Waals surface area contributed by atoms with Crippen molar-refractivity contribution in [2.24, 2.45) is 52.3 Å². The number of allylic oxidation sites excluding steroid dienone is 1. The van der Waals surface area contributed by atoms with Crippen molar-refractivity contribution in [2.75, 3.05) is 0 Å². The van der Waals surface area contributed by atoms with Crippen LogP contribution in [-0.4, -0.2) is 33.6 Å². The van der Waals surface area contributed by atoms with Crippen LogP contribution in [0.1, 0.15) is 98.8 Å². The third kappa shape index (κ3) is 3.83. The SMILES string of the molecule is C=C(C)C(CC)CCC(C)C1C(O)CC2C3CCC4CC(O)CCC4(C)C3CC(O)C21C. The predicted octanol–water partition coefficient (Wildman–Crippen LogP) is 5.97. The fraction of sp³-hybridized carbons (Fsp3) is 0.931. The van der Waals surface area contributed by atoms with E-state index in [1.54, 1.807) is 0 Å². The minimum atomic E-state index is -0.330. The number of aliphatic hydroxyl groups excluding tert-OH is 3. The van der Waals surface area contributed by atoms with E-state index in [0.717, 1.165) is 51.4 Å². The van der Waals surface area contributed by atoms with E-state index in [0.29, 0.717) is 35.5 Å². The van der Waals surface area contributed by atoms with E-state index in [-0.39, 0.29) is 35.1 Å². The molecule has 4 fully saturated rings. The molecule has 0 aliphatic heterocycles. The van der Waals surface area contributed by atoms with Crippen LogP contribution in [-0.2, 0) is 0 Å². The molecule has 0 radical (unpaired) electrons. The van der Waals surface area contributed by atoms with Crippen LogP contribution in [0.25, 0.3) is 0 Å². The van der Waals surface area contributed by atoms with Gasteiger partial charge in [0.25, 0.3) is 0 Å². The molecule has 0 saturated heterocycles. The normalized spacial score (nSPS) is 50.1. The van der Waals surface area contributed by atoms with Gasteiger partial charge in [-0.15, -0.1) is 0 Å². The van der Waals surface area contributed by atoms with Crippen molar-refractivity contribution in [3.05, 3.63) is 12.2 Å². The lowest BCUT2D eigenvalue weighted by Gasteiger charge is -2.62. The number of rotatable bonds is 6. The highest BCUT2D eigenvalue weighted by Crippen LogP contribution is 2.68. The Morgan fingerprint density at radius 1 is 1.00 bits per heavy atom. The molecular weight excluding hydrogens is 396 g/mol. The van der Waals surface area contributed by atoms with Crippen molar-refractivity contribution in [1.82, 2.24) is 0 Å². The third-order valence-corrected chi connectivity index (χ3v) is 11.6. The van der Waals surface area contributed by atoms with Gasteiger partial charge in [-0.05, 0) is 118 Å². The summed E-state index contributed by atoms with van der Waals surface area (Å²) in [7, 11) is 0. The van der Waals surface area contributed by atoms with E-state index in [9.17, 15) is 15.3 Å². The summed E-state index contributed by atoms with van der Waals surface area (Å²) in [6.45, 7) is 15.7. The minimum Gasteiger partial charge on any atom is -0.393 e. The van der Waals surface area contributed by atoms with E-state index < -0.39 is 0 Å². The average Bonchev–Trinajstić information content (AvgIpc) is 3.01. The molecule has 3 N–H and O–H groups in total. The first-order chi connectivity index (χ1) is 15.0. The lowest BCUT2D eigenvalue weighted by Crippen LogP contribution is -2.59. The summed E-state index contributed by atoms with van der Waals surface area (Å²) >= 11 is 0. The molecule has 4 saturated carbocycles. The van der Waals surface area contributed by atoms with Crippen LogP contribution in [0.3, 0.4) is 0 Å². The maximum atomic E-state index is 11.7.